The van der Waals surface area contributed by atoms with E-state index in [1.165, 1.54) is 12.1 Å². The van der Waals surface area contributed by atoms with E-state index in [1.54, 1.807) is 12.1 Å². The summed E-state index contributed by atoms with van der Waals surface area (Å²) in [4.78, 5) is 53.4. The Labute approximate surface area is 251 Å². The Balaban J connectivity index is 1.52. The molecule has 1 fully saturated rings. The van der Waals surface area contributed by atoms with Crippen LogP contribution in [0.1, 0.15) is 36.0 Å². The van der Waals surface area contributed by atoms with Crippen LogP contribution < -0.4 is 27.0 Å². The number of hydrogen-bond donors (Lipinski definition) is 6. The maximum Gasteiger partial charge on any atom is 0.243 e. The summed E-state index contributed by atoms with van der Waals surface area (Å²) < 4.78 is 0. The first-order valence-corrected chi connectivity index (χ1v) is 14.6. The average molecular weight is 586 g/mol. The van der Waals surface area contributed by atoms with E-state index in [4.69, 9.17) is 5.73 Å². The van der Waals surface area contributed by atoms with Crippen molar-refractivity contribution in [2.24, 2.45) is 5.73 Å². The number of aromatic hydroxyl groups is 1. The number of amides is 4. The van der Waals surface area contributed by atoms with Gasteiger partial charge in [0.1, 0.15) is 23.9 Å². The van der Waals surface area contributed by atoms with E-state index >= 15 is 0 Å². The molecule has 1 aliphatic heterocycles. The van der Waals surface area contributed by atoms with Crippen LogP contribution in [0.25, 0.3) is 0 Å². The molecular formula is C33H39N5O5. The number of benzene rings is 3. The molecule has 3 aromatic carbocycles. The second-order valence-corrected chi connectivity index (χ2v) is 10.8. The van der Waals surface area contributed by atoms with Gasteiger partial charge < -0.3 is 32.1 Å². The van der Waals surface area contributed by atoms with Gasteiger partial charge in [-0.25, -0.2) is 0 Å². The minimum atomic E-state index is -0.994. The molecule has 4 atom stereocenters. The number of hydrogen-bond acceptors (Lipinski definition) is 6. The number of rotatable bonds is 8. The molecule has 0 saturated carbocycles. The Kier molecular flexibility index (Phi) is 11.3. The van der Waals surface area contributed by atoms with E-state index in [0.717, 1.165) is 16.7 Å². The van der Waals surface area contributed by atoms with Gasteiger partial charge in [-0.15, -0.1) is 0 Å². The Hall–Kier alpha value is -4.70. The Morgan fingerprint density at radius 1 is 0.767 bits per heavy atom. The molecule has 1 heterocycles. The fourth-order valence-corrected chi connectivity index (χ4v) is 5.00. The third kappa shape index (κ3) is 9.68. The molecule has 1 saturated heterocycles. The van der Waals surface area contributed by atoms with Crippen LogP contribution in [0.4, 0.5) is 0 Å². The molecule has 0 aromatic heterocycles. The summed E-state index contributed by atoms with van der Waals surface area (Å²) in [5.41, 5.74) is 8.65. The van der Waals surface area contributed by atoms with Crippen molar-refractivity contribution < 1.29 is 24.3 Å². The number of carbonyl (C=O) groups excluding carboxylic acids is 4. The highest BCUT2D eigenvalue weighted by atomic mass is 16.3. The minimum absolute atomic E-state index is 0.110. The van der Waals surface area contributed by atoms with Crippen molar-refractivity contribution in [2.75, 3.05) is 6.54 Å². The van der Waals surface area contributed by atoms with Crippen LogP contribution >= 0.6 is 0 Å². The molecule has 10 nitrogen and oxygen atoms in total. The topological polar surface area (TPSA) is 163 Å². The summed E-state index contributed by atoms with van der Waals surface area (Å²) in [6.07, 6.45) is 2.12. The summed E-state index contributed by atoms with van der Waals surface area (Å²) in [5.74, 6) is -1.69. The van der Waals surface area contributed by atoms with E-state index in [9.17, 15) is 24.3 Å². The van der Waals surface area contributed by atoms with Gasteiger partial charge >= 0.3 is 0 Å². The van der Waals surface area contributed by atoms with Gasteiger partial charge in [-0.2, -0.15) is 0 Å². The van der Waals surface area contributed by atoms with Gasteiger partial charge in [0.15, 0.2) is 0 Å². The summed E-state index contributed by atoms with van der Waals surface area (Å²) in [6.45, 7) is 0.357. The van der Waals surface area contributed by atoms with Crippen LogP contribution in [0.3, 0.4) is 0 Å². The normalized spacial score (nSPS) is 20.7. The Morgan fingerprint density at radius 3 is 1.93 bits per heavy atom. The predicted octanol–water partition coefficient (Wildman–Crippen LogP) is 1.50. The maximum absolute atomic E-state index is 13.6. The molecule has 0 aliphatic carbocycles. The fraction of sp³-hybridized carbons (Fsp3) is 0.333. The first-order chi connectivity index (χ1) is 20.8. The Bertz CT molecular complexity index is 1370. The summed E-state index contributed by atoms with van der Waals surface area (Å²) >= 11 is 0. The second kappa shape index (κ2) is 15.5. The fourth-order valence-electron chi connectivity index (χ4n) is 5.00. The van der Waals surface area contributed by atoms with Gasteiger partial charge in [-0.3, -0.25) is 19.2 Å². The number of phenolic OH excluding ortho intramolecular Hbond substituents is 1. The lowest BCUT2D eigenvalue weighted by Gasteiger charge is -2.25. The van der Waals surface area contributed by atoms with Crippen molar-refractivity contribution in [3.05, 3.63) is 102 Å². The third-order valence-corrected chi connectivity index (χ3v) is 7.41. The molecule has 1 aliphatic rings. The van der Waals surface area contributed by atoms with Crippen molar-refractivity contribution in [3.63, 3.8) is 0 Å². The zero-order chi connectivity index (χ0) is 30.6. The molecule has 10 heteroatoms. The monoisotopic (exact) mass is 585 g/mol. The highest BCUT2D eigenvalue weighted by Gasteiger charge is 2.31. The standard InChI is InChI=1S/C33H39N5O5/c34-26(19-24-14-16-25(39)17-15-24)30(40)36-27-13-7-8-18-35-31(41)28(20-22-9-3-1-4-10-22)37-33(43)29(38-32(27)42)21-23-11-5-2-6-12-23/h1-6,9-12,14-17,26-29,39H,7-8,13,18-21,34H2,(H,35,41)(H,36,40)(H,37,43)(H,38,42)/t26-,27+,28-,29-/m0/s1. The number of phenols is 1. The first kappa shape index (κ1) is 31.2. The van der Waals surface area contributed by atoms with Crippen LogP contribution in [0.2, 0.25) is 0 Å². The molecular weight excluding hydrogens is 546 g/mol. The van der Waals surface area contributed by atoms with Crippen LogP contribution in [-0.4, -0.2) is 59.4 Å². The van der Waals surface area contributed by atoms with Crippen LogP contribution in [0.5, 0.6) is 5.75 Å². The molecule has 0 bridgehead atoms. The van der Waals surface area contributed by atoms with Crippen LogP contribution in [-0.2, 0) is 38.4 Å². The molecule has 226 valence electrons. The smallest absolute Gasteiger partial charge is 0.243 e. The molecule has 0 unspecified atom stereocenters. The highest BCUT2D eigenvalue weighted by Crippen LogP contribution is 2.12. The lowest BCUT2D eigenvalue weighted by atomic mass is 10.0. The Morgan fingerprint density at radius 2 is 1.33 bits per heavy atom. The molecule has 43 heavy (non-hydrogen) atoms. The van der Waals surface area contributed by atoms with Crippen LogP contribution in [0.15, 0.2) is 84.9 Å². The van der Waals surface area contributed by atoms with E-state index in [1.807, 2.05) is 60.7 Å². The van der Waals surface area contributed by atoms with Crippen LogP contribution in [0, 0.1) is 0 Å². The summed E-state index contributed by atoms with van der Waals surface area (Å²) in [5, 5.41) is 20.9. The lowest BCUT2D eigenvalue weighted by Crippen LogP contribution is -2.58. The van der Waals surface area contributed by atoms with Crippen molar-refractivity contribution >= 4 is 23.6 Å². The molecule has 4 rings (SSSR count). The number of nitrogens with one attached hydrogen (secondary N) is 4. The quantitative estimate of drug-likeness (QED) is 0.235. The van der Waals surface area contributed by atoms with Gasteiger partial charge in [0.05, 0.1) is 6.04 Å². The average Bonchev–Trinajstić information content (AvgIpc) is 3.01. The van der Waals surface area contributed by atoms with Crippen molar-refractivity contribution in [2.45, 2.75) is 62.7 Å². The molecule has 4 amide bonds. The minimum Gasteiger partial charge on any atom is -0.508 e. The first-order valence-electron chi connectivity index (χ1n) is 14.6. The molecule has 0 radical (unpaired) electrons. The molecule has 7 N–H and O–H groups in total. The summed E-state index contributed by atoms with van der Waals surface area (Å²) in [6, 6.07) is 21.4. The van der Waals surface area contributed by atoms with Gasteiger partial charge in [0.25, 0.3) is 0 Å². The summed E-state index contributed by atoms with van der Waals surface area (Å²) in [7, 11) is 0. The second-order valence-electron chi connectivity index (χ2n) is 10.8. The lowest BCUT2D eigenvalue weighted by molar-refractivity contribution is -0.133. The third-order valence-electron chi connectivity index (χ3n) is 7.41. The van der Waals surface area contributed by atoms with Crippen molar-refractivity contribution in [1.29, 1.82) is 0 Å². The predicted molar refractivity (Wildman–Crippen MR) is 163 cm³/mol. The highest BCUT2D eigenvalue weighted by molar-refractivity contribution is 5.95. The number of nitrogens with two attached hydrogens (primary N) is 1. The van der Waals surface area contributed by atoms with Gasteiger partial charge in [0, 0.05) is 19.4 Å². The van der Waals surface area contributed by atoms with Crippen molar-refractivity contribution in [1.82, 2.24) is 21.3 Å². The maximum atomic E-state index is 13.6. The number of carbonyl (C=O) groups is 4. The SMILES string of the molecule is N[C@@H](Cc1ccc(O)cc1)C(=O)N[C@@H]1CCCCNC(=O)[C@H](Cc2ccccc2)NC(=O)[C@H](Cc2ccccc2)NC1=O. The van der Waals surface area contributed by atoms with E-state index in [0.29, 0.717) is 32.2 Å². The zero-order valence-electron chi connectivity index (χ0n) is 24.0. The largest absolute Gasteiger partial charge is 0.508 e. The van der Waals surface area contributed by atoms with Gasteiger partial charge in [-0.1, -0.05) is 72.8 Å². The van der Waals surface area contributed by atoms with Gasteiger partial charge in [0.2, 0.25) is 23.6 Å². The van der Waals surface area contributed by atoms with E-state index < -0.39 is 41.9 Å². The van der Waals surface area contributed by atoms with Gasteiger partial charge in [-0.05, 0) is 54.5 Å². The van der Waals surface area contributed by atoms with E-state index in [2.05, 4.69) is 21.3 Å². The molecule has 0 spiro atoms. The van der Waals surface area contributed by atoms with Crippen molar-refractivity contribution in [3.8, 4) is 5.75 Å². The van der Waals surface area contributed by atoms with E-state index in [-0.39, 0.29) is 24.5 Å². The molecule has 3 aromatic rings. The zero-order valence-corrected chi connectivity index (χ0v) is 24.0.